The summed E-state index contributed by atoms with van der Waals surface area (Å²) in [6.45, 7) is 3.93. The zero-order valence-corrected chi connectivity index (χ0v) is 11.8. The number of nitrogens with one attached hydrogen (secondary N) is 1. The van der Waals surface area contributed by atoms with Crippen LogP contribution in [0.3, 0.4) is 0 Å². The first kappa shape index (κ1) is 14.4. The zero-order chi connectivity index (χ0) is 13.5. The summed E-state index contributed by atoms with van der Waals surface area (Å²) in [7, 11) is 0. The van der Waals surface area contributed by atoms with Crippen molar-refractivity contribution in [1.29, 1.82) is 0 Å². The summed E-state index contributed by atoms with van der Waals surface area (Å²) >= 11 is 0. The van der Waals surface area contributed by atoms with Crippen molar-refractivity contribution in [2.45, 2.75) is 45.3 Å². The molecule has 0 amide bonds. The van der Waals surface area contributed by atoms with E-state index in [1.165, 1.54) is 31.2 Å². The lowest BCUT2D eigenvalue weighted by atomic mass is 10.1. The van der Waals surface area contributed by atoms with E-state index in [9.17, 15) is 0 Å². The summed E-state index contributed by atoms with van der Waals surface area (Å²) in [6.07, 6.45) is 5.39. The van der Waals surface area contributed by atoms with Crippen LogP contribution in [-0.4, -0.2) is 24.4 Å². The molecule has 1 aliphatic rings. The Morgan fingerprint density at radius 3 is 2.89 bits per heavy atom. The van der Waals surface area contributed by atoms with Gasteiger partial charge in [0.15, 0.2) is 0 Å². The van der Waals surface area contributed by atoms with Crippen molar-refractivity contribution in [3.63, 3.8) is 0 Å². The zero-order valence-electron chi connectivity index (χ0n) is 11.8. The van der Waals surface area contributed by atoms with Crippen LogP contribution in [0.25, 0.3) is 0 Å². The van der Waals surface area contributed by atoms with Crippen LogP contribution in [0.1, 0.15) is 38.2 Å². The minimum atomic E-state index is 0.234. The molecule has 3 heteroatoms. The number of aliphatic hydroxyl groups excluding tert-OH is 1. The van der Waals surface area contributed by atoms with Crippen molar-refractivity contribution < 1.29 is 9.84 Å². The maximum atomic E-state index is 8.98. The summed E-state index contributed by atoms with van der Waals surface area (Å²) in [5.41, 5.74) is 1.24. The molecule has 0 spiro atoms. The topological polar surface area (TPSA) is 41.5 Å². The van der Waals surface area contributed by atoms with E-state index in [4.69, 9.17) is 9.84 Å². The molecule has 1 aromatic rings. The first-order valence-electron chi connectivity index (χ1n) is 7.35. The average molecular weight is 263 g/mol. The van der Waals surface area contributed by atoms with Crippen LogP contribution < -0.4 is 10.1 Å². The van der Waals surface area contributed by atoms with Crippen molar-refractivity contribution >= 4 is 0 Å². The Bertz CT molecular complexity index is 375. The Kier molecular flexibility index (Phi) is 5.67. The normalized spacial score (nSPS) is 17.6. The number of ether oxygens (including phenoxy) is 1. The molecule has 1 unspecified atom stereocenters. The van der Waals surface area contributed by atoms with Gasteiger partial charge in [-0.1, -0.05) is 19.1 Å². The quantitative estimate of drug-likeness (QED) is 0.795. The summed E-state index contributed by atoms with van der Waals surface area (Å²) in [4.78, 5) is 0. The Hall–Kier alpha value is -1.06. The molecule has 0 aliphatic heterocycles. The molecule has 0 heterocycles. The van der Waals surface area contributed by atoms with Gasteiger partial charge in [0, 0.05) is 19.7 Å². The van der Waals surface area contributed by atoms with Gasteiger partial charge < -0.3 is 15.2 Å². The SMILES string of the molecule is CC(CO)CNCc1cccc(OC2CCCC2)c1. The fourth-order valence-electron chi connectivity index (χ4n) is 2.45. The molecule has 0 saturated heterocycles. The van der Waals surface area contributed by atoms with Gasteiger partial charge in [0.05, 0.1) is 6.10 Å². The highest BCUT2D eigenvalue weighted by Crippen LogP contribution is 2.24. The molecule has 2 N–H and O–H groups in total. The van der Waals surface area contributed by atoms with Gasteiger partial charge in [0.25, 0.3) is 0 Å². The minimum Gasteiger partial charge on any atom is -0.490 e. The summed E-state index contributed by atoms with van der Waals surface area (Å²) in [5, 5.41) is 12.3. The molecule has 3 nitrogen and oxygen atoms in total. The Morgan fingerprint density at radius 1 is 1.37 bits per heavy atom. The van der Waals surface area contributed by atoms with Gasteiger partial charge in [-0.2, -0.15) is 0 Å². The smallest absolute Gasteiger partial charge is 0.120 e. The van der Waals surface area contributed by atoms with Crippen LogP contribution in [-0.2, 0) is 6.54 Å². The second-order valence-corrected chi connectivity index (χ2v) is 5.59. The Balaban J connectivity index is 1.80. The predicted molar refractivity (Wildman–Crippen MR) is 77.3 cm³/mol. The second kappa shape index (κ2) is 7.51. The van der Waals surface area contributed by atoms with Gasteiger partial charge in [-0.3, -0.25) is 0 Å². The van der Waals surface area contributed by atoms with Gasteiger partial charge in [-0.15, -0.1) is 0 Å². The number of hydrogen-bond acceptors (Lipinski definition) is 3. The number of rotatable bonds is 7. The van der Waals surface area contributed by atoms with Gasteiger partial charge in [-0.25, -0.2) is 0 Å². The predicted octanol–water partition coefficient (Wildman–Crippen LogP) is 2.73. The highest BCUT2D eigenvalue weighted by molar-refractivity contribution is 5.28. The monoisotopic (exact) mass is 263 g/mol. The van der Waals surface area contributed by atoms with Crippen LogP contribution in [0.5, 0.6) is 5.75 Å². The molecule has 1 fully saturated rings. The Labute approximate surface area is 116 Å². The fraction of sp³-hybridized carbons (Fsp3) is 0.625. The molecule has 0 aromatic heterocycles. The molecule has 1 atom stereocenters. The molecule has 1 saturated carbocycles. The summed E-state index contributed by atoms with van der Waals surface area (Å²) < 4.78 is 6.00. The first-order chi connectivity index (χ1) is 9.28. The number of hydrogen-bond donors (Lipinski definition) is 2. The lowest BCUT2D eigenvalue weighted by Gasteiger charge is -2.14. The minimum absolute atomic E-state index is 0.234. The summed E-state index contributed by atoms with van der Waals surface area (Å²) in [6, 6.07) is 8.32. The van der Waals surface area contributed by atoms with Crippen LogP contribution in [0.2, 0.25) is 0 Å². The second-order valence-electron chi connectivity index (χ2n) is 5.59. The molecule has 19 heavy (non-hydrogen) atoms. The lowest BCUT2D eigenvalue weighted by molar-refractivity contribution is 0.209. The van der Waals surface area contributed by atoms with Gasteiger partial charge >= 0.3 is 0 Å². The lowest BCUT2D eigenvalue weighted by Crippen LogP contribution is -2.22. The maximum Gasteiger partial charge on any atom is 0.120 e. The third kappa shape index (κ3) is 4.84. The molecular weight excluding hydrogens is 238 g/mol. The number of benzene rings is 1. The molecule has 106 valence electrons. The van der Waals surface area contributed by atoms with Crippen LogP contribution in [0.4, 0.5) is 0 Å². The maximum absolute atomic E-state index is 8.98. The third-order valence-corrected chi connectivity index (χ3v) is 3.64. The molecular formula is C16H25NO2. The Morgan fingerprint density at radius 2 is 2.16 bits per heavy atom. The van der Waals surface area contributed by atoms with E-state index >= 15 is 0 Å². The molecule has 1 aliphatic carbocycles. The van der Waals surface area contributed by atoms with Gasteiger partial charge in [0.1, 0.15) is 5.75 Å². The van der Waals surface area contributed by atoms with E-state index in [0.29, 0.717) is 12.0 Å². The number of aliphatic hydroxyl groups is 1. The van der Waals surface area contributed by atoms with Crippen LogP contribution in [0.15, 0.2) is 24.3 Å². The average Bonchev–Trinajstić information content (AvgIpc) is 2.92. The van der Waals surface area contributed by atoms with E-state index in [-0.39, 0.29) is 6.61 Å². The van der Waals surface area contributed by atoms with Crippen LogP contribution >= 0.6 is 0 Å². The van der Waals surface area contributed by atoms with Gasteiger partial charge in [0.2, 0.25) is 0 Å². The van der Waals surface area contributed by atoms with Crippen molar-refractivity contribution in [3.05, 3.63) is 29.8 Å². The molecule has 0 bridgehead atoms. The van der Waals surface area contributed by atoms with E-state index in [2.05, 4.69) is 23.5 Å². The highest BCUT2D eigenvalue weighted by Gasteiger charge is 2.16. The van der Waals surface area contributed by atoms with E-state index in [1.807, 2.05) is 13.0 Å². The van der Waals surface area contributed by atoms with E-state index in [1.54, 1.807) is 0 Å². The first-order valence-corrected chi connectivity index (χ1v) is 7.35. The standard InChI is InChI=1S/C16H25NO2/c1-13(12-18)10-17-11-14-5-4-8-16(9-14)19-15-6-2-3-7-15/h4-5,8-9,13,15,17-18H,2-3,6-7,10-12H2,1H3. The van der Waals surface area contributed by atoms with Crippen molar-refractivity contribution in [2.75, 3.05) is 13.2 Å². The van der Waals surface area contributed by atoms with Crippen molar-refractivity contribution in [2.24, 2.45) is 5.92 Å². The highest BCUT2D eigenvalue weighted by atomic mass is 16.5. The van der Waals surface area contributed by atoms with Gasteiger partial charge in [-0.05, 0) is 49.3 Å². The molecule has 0 radical (unpaired) electrons. The molecule has 1 aromatic carbocycles. The largest absolute Gasteiger partial charge is 0.490 e. The van der Waals surface area contributed by atoms with E-state index < -0.39 is 0 Å². The van der Waals surface area contributed by atoms with Crippen LogP contribution in [0, 0.1) is 5.92 Å². The van der Waals surface area contributed by atoms with Crippen molar-refractivity contribution in [3.8, 4) is 5.75 Å². The molecule has 2 rings (SSSR count). The van der Waals surface area contributed by atoms with E-state index in [0.717, 1.165) is 18.8 Å². The third-order valence-electron chi connectivity index (χ3n) is 3.64. The fourth-order valence-corrected chi connectivity index (χ4v) is 2.45. The summed E-state index contributed by atoms with van der Waals surface area (Å²) in [5.74, 6) is 1.29. The van der Waals surface area contributed by atoms with Crippen molar-refractivity contribution in [1.82, 2.24) is 5.32 Å².